The third-order valence-electron chi connectivity index (χ3n) is 4.69. The molecule has 30 heavy (non-hydrogen) atoms. The summed E-state index contributed by atoms with van der Waals surface area (Å²) in [7, 11) is 0. The van der Waals surface area contributed by atoms with Gasteiger partial charge in [-0.2, -0.15) is 18.1 Å². The molecule has 1 N–H and O–H groups in total. The van der Waals surface area contributed by atoms with Gasteiger partial charge in [0.05, 0.1) is 5.56 Å². The van der Waals surface area contributed by atoms with Crippen LogP contribution in [0.2, 0.25) is 0 Å². The lowest BCUT2D eigenvalue weighted by Gasteiger charge is -2.25. The van der Waals surface area contributed by atoms with Crippen LogP contribution in [-0.4, -0.2) is 16.8 Å². The van der Waals surface area contributed by atoms with Crippen LogP contribution in [0.4, 0.5) is 17.6 Å². The molecule has 8 heteroatoms. The van der Waals surface area contributed by atoms with Crippen LogP contribution in [-0.2, 0) is 16.8 Å². The number of halogens is 4. The van der Waals surface area contributed by atoms with Crippen molar-refractivity contribution >= 4 is 11.5 Å². The van der Waals surface area contributed by atoms with E-state index in [9.17, 15) is 22.8 Å². The fraction of sp³-hybridized carbons (Fsp3) is 0.0909. The van der Waals surface area contributed by atoms with E-state index in [1.165, 1.54) is 24.3 Å². The Morgan fingerprint density at radius 1 is 0.800 bits per heavy atom. The maximum Gasteiger partial charge on any atom is 0.416 e. The first-order valence-electron chi connectivity index (χ1n) is 8.84. The fourth-order valence-electron chi connectivity index (χ4n) is 3.20. The minimum Gasteiger partial charge on any atom is -0.249 e. The Balaban J connectivity index is 1.88. The Bertz CT molecular complexity index is 1110. The number of rotatable bonds is 4. The number of benzene rings is 3. The molecule has 1 heterocycles. The molecule has 0 saturated carbocycles. The molecule has 152 valence electrons. The van der Waals surface area contributed by atoms with Gasteiger partial charge in [0.1, 0.15) is 11.5 Å². The van der Waals surface area contributed by atoms with E-state index in [4.69, 9.17) is 4.89 Å². The van der Waals surface area contributed by atoms with Gasteiger partial charge in [-0.3, -0.25) is 0 Å². The highest BCUT2D eigenvalue weighted by Crippen LogP contribution is 2.38. The number of alkyl halides is 3. The van der Waals surface area contributed by atoms with E-state index in [1.54, 1.807) is 30.3 Å². The zero-order valence-corrected chi connectivity index (χ0v) is 15.3. The SMILES string of the molecule is OOC1(c2ccc(C(F)(F)F)cc2)N=C(c2ccccc2)N=C1c1ccc(F)cc1. The van der Waals surface area contributed by atoms with Gasteiger partial charge in [-0.05, 0) is 24.3 Å². The Kier molecular flexibility index (Phi) is 4.97. The van der Waals surface area contributed by atoms with Gasteiger partial charge in [-0.15, -0.1) is 0 Å². The molecule has 4 rings (SSSR count). The molecule has 0 aliphatic carbocycles. The Morgan fingerprint density at radius 3 is 2.00 bits per heavy atom. The molecular formula is C22H14F4N2O2. The third kappa shape index (κ3) is 3.51. The lowest BCUT2D eigenvalue weighted by molar-refractivity contribution is -0.302. The molecule has 3 aromatic rings. The highest BCUT2D eigenvalue weighted by Gasteiger charge is 2.45. The molecule has 0 aromatic heterocycles. The standard InChI is InChI=1S/C22H14F4N2O2/c23-18-12-6-14(7-13-18)19-21(30-29,16-8-10-17(11-9-16)22(24,25)26)28-20(27-19)15-4-2-1-3-5-15/h1-13,29H. The molecule has 0 amide bonds. The van der Waals surface area contributed by atoms with E-state index < -0.39 is 23.3 Å². The van der Waals surface area contributed by atoms with Crippen LogP contribution >= 0.6 is 0 Å². The maximum atomic E-state index is 13.4. The number of hydrogen-bond donors (Lipinski definition) is 1. The summed E-state index contributed by atoms with van der Waals surface area (Å²) in [6.45, 7) is 0. The Morgan fingerprint density at radius 2 is 1.43 bits per heavy atom. The second-order valence-corrected chi connectivity index (χ2v) is 6.58. The molecule has 1 aliphatic rings. The van der Waals surface area contributed by atoms with Crippen molar-refractivity contribution in [2.75, 3.05) is 0 Å². The Labute approximate surface area is 168 Å². The summed E-state index contributed by atoms with van der Waals surface area (Å²) in [5, 5.41) is 9.87. The highest BCUT2D eigenvalue weighted by molar-refractivity contribution is 6.20. The zero-order valence-electron chi connectivity index (χ0n) is 15.3. The van der Waals surface area contributed by atoms with E-state index in [0.29, 0.717) is 11.1 Å². The molecular weight excluding hydrogens is 400 g/mol. The van der Waals surface area contributed by atoms with Gasteiger partial charge in [-0.25, -0.2) is 19.6 Å². The molecule has 3 aromatic carbocycles. The van der Waals surface area contributed by atoms with E-state index in [0.717, 1.165) is 24.3 Å². The zero-order chi connectivity index (χ0) is 21.4. The van der Waals surface area contributed by atoms with Crippen LogP contribution in [0.5, 0.6) is 0 Å². The predicted octanol–water partition coefficient (Wildman–Crippen LogP) is 5.44. The summed E-state index contributed by atoms with van der Waals surface area (Å²) in [4.78, 5) is 13.6. The normalized spacial score (nSPS) is 18.8. The maximum absolute atomic E-state index is 13.4. The van der Waals surface area contributed by atoms with Crippen molar-refractivity contribution in [3.63, 3.8) is 0 Å². The fourth-order valence-corrected chi connectivity index (χ4v) is 3.20. The largest absolute Gasteiger partial charge is 0.416 e. The van der Waals surface area contributed by atoms with Gasteiger partial charge in [0.25, 0.3) is 5.72 Å². The van der Waals surface area contributed by atoms with Crippen LogP contribution in [0, 0.1) is 5.82 Å². The minimum atomic E-state index is -4.52. The smallest absolute Gasteiger partial charge is 0.249 e. The summed E-state index contributed by atoms with van der Waals surface area (Å²) in [6, 6.07) is 18.1. The highest BCUT2D eigenvalue weighted by atomic mass is 19.4. The minimum absolute atomic E-state index is 0.114. The first-order valence-corrected chi connectivity index (χ1v) is 8.84. The Hall–Kier alpha value is -3.36. The van der Waals surface area contributed by atoms with E-state index in [-0.39, 0.29) is 17.1 Å². The molecule has 1 atom stereocenters. The van der Waals surface area contributed by atoms with Crippen molar-refractivity contribution in [2.45, 2.75) is 11.9 Å². The van der Waals surface area contributed by atoms with Crippen LogP contribution in [0.3, 0.4) is 0 Å². The van der Waals surface area contributed by atoms with E-state index >= 15 is 0 Å². The van der Waals surface area contributed by atoms with Crippen LogP contribution in [0.25, 0.3) is 0 Å². The summed E-state index contributed by atoms with van der Waals surface area (Å²) in [5.74, 6) is -0.268. The summed E-state index contributed by atoms with van der Waals surface area (Å²) in [5.41, 5.74) is -1.52. The molecule has 0 radical (unpaired) electrons. The summed E-state index contributed by atoms with van der Waals surface area (Å²) in [6.07, 6.45) is -4.52. The van der Waals surface area contributed by atoms with Crippen LogP contribution in [0.1, 0.15) is 22.3 Å². The average molecular weight is 414 g/mol. The molecule has 0 fully saturated rings. The predicted molar refractivity (Wildman–Crippen MR) is 103 cm³/mol. The summed E-state index contributed by atoms with van der Waals surface area (Å²) < 4.78 is 52.3. The van der Waals surface area contributed by atoms with Gasteiger partial charge in [-0.1, -0.05) is 54.6 Å². The number of aliphatic imine (C=N–C) groups is 2. The van der Waals surface area contributed by atoms with Crippen molar-refractivity contribution in [3.05, 3.63) is 107 Å². The molecule has 4 nitrogen and oxygen atoms in total. The van der Waals surface area contributed by atoms with Crippen molar-refractivity contribution in [1.82, 2.24) is 0 Å². The van der Waals surface area contributed by atoms with Crippen molar-refractivity contribution in [3.8, 4) is 0 Å². The molecule has 0 spiro atoms. The second kappa shape index (κ2) is 7.47. The molecule has 0 saturated heterocycles. The molecule has 1 aliphatic heterocycles. The average Bonchev–Trinajstić information content (AvgIpc) is 3.15. The lowest BCUT2D eigenvalue weighted by atomic mass is 9.92. The third-order valence-corrected chi connectivity index (χ3v) is 4.69. The van der Waals surface area contributed by atoms with Crippen molar-refractivity contribution in [2.24, 2.45) is 9.98 Å². The monoisotopic (exact) mass is 414 g/mol. The summed E-state index contributed by atoms with van der Waals surface area (Å²) >= 11 is 0. The number of amidine groups is 1. The van der Waals surface area contributed by atoms with Crippen LogP contribution in [0.15, 0.2) is 88.8 Å². The lowest BCUT2D eigenvalue weighted by Crippen LogP contribution is -2.35. The number of nitrogens with zero attached hydrogens (tertiary/aromatic N) is 2. The molecule has 1 unspecified atom stereocenters. The topological polar surface area (TPSA) is 54.2 Å². The van der Waals surface area contributed by atoms with Gasteiger partial charge >= 0.3 is 6.18 Å². The first-order chi connectivity index (χ1) is 14.3. The van der Waals surface area contributed by atoms with Gasteiger partial charge in [0, 0.05) is 16.7 Å². The van der Waals surface area contributed by atoms with Gasteiger partial charge in [0.2, 0.25) is 0 Å². The quantitative estimate of drug-likeness (QED) is 0.351. The van der Waals surface area contributed by atoms with E-state index in [1.807, 2.05) is 0 Å². The van der Waals surface area contributed by atoms with Crippen molar-refractivity contribution in [1.29, 1.82) is 0 Å². The first kappa shape index (κ1) is 19.9. The van der Waals surface area contributed by atoms with E-state index in [2.05, 4.69) is 9.98 Å². The van der Waals surface area contributed by atoms with Crippen molar-refractivity contribution < 1.29 is 27.7 Å². The molecule has 0 bridgehead atoms. The second-order valence-electron chi connectivity index (χ2n) is 6.58. The number of hydrogen-bond acceptors (Lipinski definition) is 4. The van der Waals surface area contributed by atoms with Gasteiger partial charge in [0.15, 0.2) is 5.84 Å². The van der Waals surface area contributed by atoms with Crippen LogP contribution < -0.4 is 0 Å². The van der Waals surface area contributed by atoms with Gasteiger partial charge < -0.3 is 0 Å².